The second-order valence-corrected chi connectivity index (χ2v) is 7.33. The van der Waals surface area contributed by atoms with Crippen LogP contribution in [0.3, 0.4) is 0 Å². The number of rotatable bonds is 5. The Morgan fingerprint density at radius 3 is 2.72 bits per heavy atom. The van der Waals surface area contributed by atoms with E-state index in [0.29, 0.717) is 11.4 Å². The Labute approximate surface area is 168 Å². The van der Waals surface area contributed by atoms with Gasteiger partial charge in [-0.1, -0.05) is 12.1 Å². The lowest BCUT2D eigenvalue weighted by Gasteiger charge is -2.15. The lowest BCUT2D eigenvalue weighted by molar-refractivity contribution is 0.0907. The van der Waals surface area contributed by atoms with Crippen LogP contribution in [0.25, 0.3) is 11.3 Å². The minimum atomic E-state index is -0.792. The number of anilines is 1. The first-order valence-corrected chi connectivity index (χ1v) is 9.52. The van der Waals surface area contributed by atoms with Crippen molar-refractivity contribution < 1.29 is 14.3 Å². The molecule has 1 atom stereocenters. The first-order chi connectivity index (χ1) is 13.9. The predicted octanol–water partition coefficient (Wildman–Crippen LogP) is 2.68. The van der Waals surface area contributed by atoms with Crippen LogP contribution in [-0.2, 0) is 13.5 Å². The number of hydrogen-bond acceptors (Lipinski definition) is 4. The average Bonchev–Trinajstić information content (AvgIpc) is 3.29. The molecule has 1 aromatic heterocycles. The maximum atomic E-state index is 13.1. The molecule has 0 saturated carbocycles. The highest BCUT2D eigenvalue weighted by Crippen LogP contribution is 2.29. The summed E-state index contributed by atoms with van der Waals surface area (Å²) in [7, 11) is 3.73. The molecule has 2 N–H and O–H groups in total. The zero-order chi connectivity index (χ0) is 20.5. The number of aliphatic hydroxyl groups excluding tert-OH is 1. The van der Waals surface area contributed by atoms with Crippen molar-refractivity contribution in [2.24, 2.45) is 7.05 Å². The molecule has 0 radical (unpaired) electrons. The molecule has 1 unspecified atom stereocenters. The number of fused-ring (bicyclic) bond motifs is 1. The molecule has 1 amide bonds. The summed E-state index contributed by atoms with van der Waals surface area (Å²) < 4.78 is 14.6. The van der Waals surface area contributed by atoms with Crippen LogP contribution < -0.4 is 10.2 Å². The number of likely N-dealkylation sites (N-methyl/N-ethyl adjacent to an activating group) is 1. The summed E-state index contributed by atoms with van der Waals surface area (Å²) >= 11 is 0. The number of amides is 1. The highest BCUT2D eigenvalue weighted by molar-refractivity contribution is 5.93. The Hall–Kier alpha value is -3.19. The van der Waals surface area contributed by atoms with E-state index >= 15 is 0 Å². The number of benzene rings is 2. The van der Waals surface area contributed by atoms with E-state index in [-0.39, 0.29) is 18.3 Å². The molecule has 0 fully saturated rings. The Bertz CT molecular complexity index is 1050. The first-order valence-electron chi connectivity index (χ1n) is 9.52. The topological polar surface area (TPSA) is 70.4 Å². The molecule has 6 nitrogen and oxygen atoms in total. The molecule has 2 aromatic carbocycles. The molecule has 29 heavy (non-hydrogen) atoms. The molecule has 4 rings (SSSR count). The van der Waals surface area contributed by atoms with E-state index in [0.717, 1.165) is 24.1 Å². The normalized spacial score (nSPS) is 14.0. The van der Waals surface area contributed by atoms with Crippen molar-refractivity contribution in [3.05, 3.63) is 71.2 Å². The molecular weight excluding hydrogens is 371 g/mol. The van der Waals surface area contributed by atoms with Gasteiger partial charge in [-0.15, -0.1) is 0 Å². The van der Waals surface area contributed by atoms with Gasteiger partial charge in [0.2, 0.25) is 0 Å². The quantitative estimate of drug-likeness (QED) is 0.698. The molecule has 0 saturated heterocycles. The van der Waals surface area contributed by atoms with Gasteiger partial charge in [0, 0.05) is 38.4 Å². The number of nitrogens with one attached hydrogen (secondary N) is 1. The molecule has 0 spiro atoms. The number of aryl methyl sites for hydroxylation is 1. The standard InChI is InChI=1S/C22H23FN4O2/c1-26-10-9-15-11-16(5-8-19(15)26)21(28)13-24-22(29)20-12-18(25-27(20)2)14-3-6-17(23)7-4-14/h3-8,11-12,21,28H,9-10,13H2,1-2H3,(H,24,29). The minimum Gasteiger partial charge on any atom is -0.387 e. The van der Waals surface area contributed by atoms with E-state index in [1.54, 1.807) is 25.2 Å². The van der Waals surface area contributed by atoms with E-state index < -0.39 is 6.10 Å². The predicted molar refractivity (Wildman–Crippen MR) is 109 cm³/mol. The zero-order valence-corrected chi connectivity index (χ0v) is 16.4. The Morgan fingerprint density at radius 2 is 1.97 bits per heavy atom. The van der Waals surface area contributed by atoms with Gasteiger partial charge in [0.15, 0.2) is 0 Å². The number of nitrogens with zero attached hydrogens (tertiary/aromatic N) is 3. The number of aliphatic hydroxyl groups is 1. The van der Waals surface area contributed by atoms with Crippen LogP contribution >= 0.6 is 0 Å². The molecule has 3 aromatic rings. The highest BCUT2D eigenvalue weighted by Gasteiger charge is 2.19. The summed E-state index contributed by atoms with van der Waals surface area (Å²) in [5.74, 6) is -0.650. The van der Waals surface area contributed by atoms with Gasteiger partial charge in [0.05, 0.1) is 11.8 Å². The van der Waals surface area contributed by atoms with Crippen LogP contribution in [0, 0.1) is 5.82 Å². The summed E-state index contributed by atoms with van der Waals surface area (Å²) in [6.45, 7) is 1.08. The molecule has 150 valence electrons. The number of hydrogen-bond donors (Lipinski definition) is 2. The van der Waals surface area contributed by atoms with Crippen LogP contribution in [0.4, 0.5) is 10.1 Å². The van der Waals surface area contributed by atoms with Crippen LogP contribution in [0.15, 0.2) is 48.5 Å². The third-order valence-corrected chi connectivity index (χ3v) is 5.32. The largest absolute Gasteiger partial charge is 0.387 e. The minimum absolute atomic E-state index is 0.102. The van der Waals surface area contributed by atoms with Gasteiger partial charge >= 0.3 is 0 Å². The summed E-state index contributed by atoms with van der Waals surface area (Å²) in [5, 5.41) is 17.6. The molecule has 2 heterocycles. The van der Waals surface area contributed by atoms with Crippen LogP contribution in [0.5, 0.6) is 0 Å². The molecule has 0 aliphatic carbocycles. The van der Waals surface area contributed by atoms with Gasteiger partial charge in [0.25, 0.3) is 5.91 Å². The number of halogens is 1. The van der Waals surface area contributed by atoms with E-state index in [2.05, 4.69) is 22.4 Å². The Kier molecular flexibility index (Phi) is 5.07. The molecule has 7 heteroatoms. The molecule has 0 bridgehead atoms. The first kappa shape index (κ1) is 19.1. The fraction of sp³-hybridized carbons (Fsp3) is 0.273. The summed E-state index contributed by atoms with van der Waals surface area (Å²) in [5.41, 5.74) is 4.87. The van der Waals surface area contributed by atoms with E-state index in [1.807, 2.05) is 18.2 Å². The Morgan fingerprint density at radius 1 is 1.21 bits per heavy atom. The van der Waals surface area contributed by atoms with Crippen molar-refractivity contribution in [3.63, 3.8) is 0 Å². The van der Waals surface area contributed by atoms with Gasteiger partial charge in [-0.3, -0.25) is 9.48 Å². The van der Waals surface area contributed by atoms with E-state index in [9.17, 15) is 14.3 Å². The maximum absolute atomic E-state index is 13.1. The van der Waals surface area contributed by atoms with Crippen molar-refractivity contribution in [1.82, 2.24) is 15.1 Å². The van der Waals surface area contributed by atoms with Gasteiger partial charge in [-0.25, -0.2) is 4.39 Å². The smallest absolute Gasteiger partial charge is 0.269 e. The fourth-order valence-electron chi connectivity index (χ4n) is 3.63. The van der Waals surface area contributed by atoms with Crippen LogP contribution in [0.1, 0.15) is 27.7 Å². The van der Waals surface area contributed by atoms with E-state index in [4.69, 9.17) is 0 Å². The highest BCUT2D eigenvalue weighted by atomic mass is 19.1. The van der Waals surface area contributed by atoms with Crippen LogP contribution in [-0.4, -0.2) is 40.9 Å². The van der Waals surface area contributed by atoms with Crippen molar-refractivity contribution >= 4 is 11.6 Å². The number of aromatic nitrogens is 2. The van der Waals surface area contributed by atoms with Gasteiger partial charge in [-0.2, -0.15) is 5.10 Å². The zero-order valence-electron chi connectivity index (χ0n) is 16.4. The fourth-order valence-corrected chi connectivity index (χ4v) is 3.63. The Balaban J connectivity index is 1.43. The lowest BCUT2D eigenvalue weighted by Crippen LogP contribution is -2.29. The molecular formula is C22H23FN4O2. The van der Waals surface area contributed by atoms with Crippen molar-refractivity contribution in [3.8, 4) is 11.3 Å². The number of carbonyl (C=O) groups is 1. The van der Waals surface area contributed by atoms with Gasteiger partial charge in [0.1, 0.15) is 11.5 Å². The SMILES string of the molecule is CN1CCc2cc(C(O)CNC(=O)c3cc(-c4ccc(F)cc4)nn3C)ccc21. The number of carbonyl (C=O) groups excluding carboxylic acids is 1. The average molecular weight is 394 g/mol. The van der Waals surface area contributed by atoms with Crippen molar-refractivity contribution in [2.45, 2.75) is 12.5 Å². The second kappa shape index (κ2) is 7.67. The monoisotopic (exact) mass is 394 g/mol. The lowest BCUT2D eigenvalue weighted by atomic mass is 10.0. The second-order valence-electron chi connectivity index (χ2n) is 7.33. The van der Waals surface area contributed by atoms with Crippen molar-refractivity contribution in [1.29, 1.82) is 0 Å². The third kappa shape index (κ3) is 3.86. The van der Waals surface area contributed by atoms with Crippen molar-refractivity contribution in [2.75, 3.05) is 25.0 Å². The van der Waals surface area contributed by atoms with E-state index in [1.165, 1.54) is 28.1 Å². The third-order valence-electron chi connectivity index (χ3n) is 5.32. The molecule has 1 aliphatic heterocycles. The molecule has 1 aliphatic rings. The maximum Gasteiger partial charge on any atom is 0.269 e. The summed E-state index contributed by atoms with van der Waals surface area (Å²) in [4.78, 5) is 14.8. The summed E-state index contributed by atoms with van der Waals surface area (Å²) in [6, 6.07) is 13.5. The van der Waals surface area contributed by atoms with Gasteiger partial charge < -0.3 is 15.3 Å². The van der Waals surface area contributed by atoms with Crippen LogP contribution in [0.2, 0.25) is 0 Å². The summed E-state index contributed by atoms with van der Waals surface area (Å²) in [6.07, 6.45) is 0.167. The van der Waals surface area contributed by atoms with Gasteiger partial charge in [-0.05, 0) is 53.9 Å².